The first-order valence-electron chi connectivity index (χ1n) is 6.83. The summed E-state index contributed by atoms with van der Waals surface area (Å²) < 4.78 is 5.43. The second kappa shape index (κ2) is 7.17. The molecule has 7 nitrogen and oxygen atoms in total. The van der Waals surface area contributed by atoms with Gasteiger partial charge in [0.25, 0.3) is 5.91 Å². The van der Waals surface area contributed by atoms with Gasteiger partial charge in [0.05, 0.1) is 12.8 Å². The van der Waals surface area contributed by atoms with Crippen molar-refractivity contribution in [2.45, 2.75) is 6.92 Å². The maximum atomic E-state index is 11.9. The molecule has 120 valence electrons. The zero-order valence-corrected chi connectivity index (χ0v) is 12.4. The quantitative estimate of drug-likeness (QED) is 0.383. The fraction of sp³-hybridized carbons (Fsp3) is 0.125. The van der Waals surface area contributed by atoms with Gasteiger partial charge in [-0.05, 0) is 31.2 Å². The molecular weight excluding hydrogens is 300 g/mol. The van der Waals surface area contributed by atoms with Gasteiger partial charge < -0.3 is 20.1 Å². The van der Waals surface area contributed by atoms with Gasteiger partial charge in [0, 0.05) is 11.1 Å². The molecule has 0 bridgehead atoms. The summed E-state index contributed by atoms with van der Waals surface area (Å²) in [4.78, 5) is 11.9. The number of nitrogens with zero attached hydrogens (tertiary/aromatic N) is 1. The number of carbonyl (C=O) groups excluding carboxylic acids is 1. The number of phenols is 3. The molecule has 4 N–H and O–H groups in total. The molecule has 0 heterocycles. The molecule has 0 aliphatic heterocycles. The zero-order chi connectivity index (χ0) is 16.8. The molecule has 0 aliphatic carbocycles. The fourth-order valence-electron chi connectivity index (χ4n) is 1.83. The number of hydrogen-bond donors (Lipinski definition) is 4. The molecule has 0 aliphatic rings. The van der Waals surface area contributed by atoms with Crippen LogP contribution >= 0.6 is 0 Å². The van der Waals surface area contributed by atoms with Crippen molar-refractivity contribution < 1.29 is 24.9 Å². The second-order valence-corrected chi connectivity index (χ2v) is 4.53. The summed E-state index contributed by atoms with van der Waals surface area (Å²) in [6.45, 7) is 2.36. The Morgan fingerprint density at radius 1 is 1.22 bits per heavy atom. The van der Waals surface area contributed by atoms with Crippen LogP contribution in [0, 0.1) is 0 Å². The number of para-hydroxylation sites is 1. The van der Waals surface area contributed by atoms with E-state index in [1.807, 2.05) is 19.1 Å². The molecule has 2 aromatic rings. The van der Waals surface area contributed by atoms with Crippen molar-refractivity contribution in [2.24, 2.45) is 5.10 Å². The van der Waals surface area contributed by atoms with E-state index in [1.165, 1.54) is 6.21 Å². The lowest BCUT2D eigenvalue weighted by Gasteiger charge is -2.06. The highest BCUT2D eigenvalue weighted by Crippen LogP contribution is 2.35. The summed E-state index contributed by atoms with van der Waals surface area (Å²) in [5.41, 5.74) is 2.90. The molecule has 7 heteroatoms. The first-order chi connectivity index (χ1) is 11.0. The van der Waals surface area contributed by atoms with E-state index in [0.29, 0.717) is 17.9 Å². The van der Waals surface area contributed by atoms with Crippen LogP contribution < -0.4 is 10.2 Å². The minimum absolute atomic E-state index is 0.0481. The monoisotopic (exact) mass is 316 g/mol. The molecule has 0 saturated heterocycles. The predicted octanol–water partition coefficient (Wildman–Crippen LogP) is 1.97. The Labute approximate surface area is 132 Å². The van der Waals surface area contributed by atoms with E-state index in [9.17, 15) is 20.1 Å². The average Bonchev–Trinajstić information content (AvgIpc) is 2.54. The SMILES string of the molecule is CCOc1ccccc1/C=N/NC(=O)c1cc(O)c(O)c(O)c1. The number of rotatable bonds is 5. The van der Waals surface area contributed by atoms with Crippen LogP contribution in [0.2, 0.25) is 0 Å². The highest BCUT2D eigenvalue weighted by Gasteiger charge is 2.12. The Kier molecular flexibility index (Phi) is 5.03. The molecule has 2 aromatic carbocycles. The molecule has 2 rings (SSSR count). The standard InChI is InChI=1S/C16H16N2O5/c1-2-23-14-6-4-3-5-10(14)9-17-18-16(22)11-7-12(19)15(21)13(20)8-11/h3-9,19-21H,2H2,1H3,(H,18,22)/b17-9+. The molecular formula is C16H16N2O5. The number of carbonyl (C=O) groups is 1. The van der Waals surface area contributed by atoms with Crippen LogP contribution in [-0.4, -0.2) is 34.0 Å². The third kappa shape index (κ3) is 3.91. The Balaban J connectivity index is 2.10. The first-order valence-corrected chi connectivity index (χ1v) is 6.83. The predicted molar refractivity (Wildman–Crippen MR) is 84.1 cm³/mol. The van der Waals surface area contributed by atoms with Gasteiger partial charge >= 0.3 is 0 Å². The van der Waals surface area contributed by atoms with E-state index in [4.69, 9.17) is 4.74 Å². The van der Waals surface area contributed by atoms with Gasteiger partial charge in [-0.3, -0.25) is 4.79 Å². The number of benzene rings is 2. The van der Waals surface area contributed by atoms with Crippen molar-refractivity contribution in [3.05, 3.63) is 47.5 Å². The lowest BCUT2D eigenvalue weighted by atomic mass is 10.2. The van der Waals surface area contributed by atoms with Crippen molar-refractivity contribution in [2.75, 3.05) is 6.61 Å². The number of phenolic OH excluding ortho intramolecular Hbond substituents is 3. The molecule has 0 fully saturated rings. The topological polar surface area (TPSA) is 111 Å². The van der Waals surface area contributed by atoms with Gasteiger partial charge in [-0.25, -0.2) is 5.43 Å². The van der Waals surface area contributed by atoms with Crippen LogP contribution in [0.4, 0.5) is 0 Å². The van der Waals surface area contributed by atoms with E-state index >= 15 is 0 Å². The normalized spacial score (nSPS) is 10.7. The number of hydrogen-bond acceptors (Lipinski definition) is 6. The van der Waals surface area contributed by atoms with Crippen LogP contribution in [0.5, 0.6) is 23.0 Å². The highest BCUT2D eigenvalue weighted by molar-refractivity contribution is 5.96. The summed E-state index contributed by atoms with van der Waals surface area (Å²) in [6.07, 6.45) is 1.42. The number of hydrazone groups is 1. The van der Waals surface area contributed by atoms with Gasteiger partial charge in [-0.2, -0.15) is 5.10 Å². The van der Waals surface area contributed by atoms with Gasteiger partial charge in [0.15, 0.2) is 17.2 Å². The van der Waals surface area contributed by atoms with E-state index in [0.717, 1.165) is 12.1 Å². The third-order valence-electron chi connectivity index (χ3n) is 2.92. The van der Waals surface area contributed by atoms with Crippen molar-refractivity contribution in [1.29, 1.82) is 0 Å². The van der Waals surface area contributed by atoms with Crippen LogP contribution in [0.25, 0.3) is 0 Å². The van der Waals surface area contributed by atoms with Crippen molar-refractivity contribution in [3.8, 4) is 23.0 Å². The molecule has 0 unspecified atom stereocenters. The van der Waals surface area contributed by atoms with Gasteiger partial charge in [0.2, 0.25) is 0 Å². The second-order valence-electron chi connectivity index (χ2n) is 4.53. The molecule has 0 aromatic heterocycles. The van der Waals surface area contributed by atoms with E-state index in [1.54, 1.807) is 12.1 Å². The van der Waals surface area contributed by atoms with Crippen LogP contribution in [0.3, 0.4) is 0 Å². The molecule has 0 spiro atoms. The number of amides is 1. The van der Waals surface area contributed by atoms with Crippen LogP contribution in [0.15, 0.2) is 41.5 Å². The van der Waals surface area contributed by atoms with Gasteiger partial charge in [-0.15, -0.1) is 0 Å². The average molecular weight is 316 g/mol. The lowest BCUT2D eigenvalue weighted by Crippen LogP contribution is -2.17. The maximum absolute atomic E-state index is 11.9. The molecule has 23 heavy (non-hydrogen) atoms. The fourth-order valence-corrected chi connectivity index (χ4v) is 1.83. The Morgan fingerprint density at radius 3 is 2.52 bits per heavy atom. The molecule has 0 radical (unpaired) electrons. The molecule has 0 saturated carbocycles. The van der Waals surface area contributed by atoms with E-state index in [2.05, 4.69) is 10.5 Å². The largest absolute Gasteiger partial charge is 0.504 e. The minimum Gasteiger partial charge on any atom is -0.504 e. The molecule has 0 atom stereocenters. The number of aromatic hydroxyl groups is 3. The summed E-state index contributed by atoms with van der Waals surface area (Å²) in [5, 5.41) is 31.8. The van der Waals surface area contributed by atoms with E-state index < -0.39 is 23.2 Å². The van der Waals surface area contributed by atoms with Gasteiger partial charge in [-0.1, -0.05) is 12.1 Å². The first kappa shape index (κ1) is 16.2. The van der Waals surface area contributed by atoms with Crippen LogP contribution in [0.1, 0.15) is 22.8 Å². The minimum atomic E-state index is -0.685. The smallest absolute Gasteiger partial charge is 0.271 e. The number of ether oxygens (including phenoxy) is 1. The van der Waals surface area contributed by atoms with Gasteiger partial charge in [0.1, 0.15) is 5.75 Å². The summed E-state index contributed by atoms with van der Waals surface area (Å²) >= 11 is 0. The summed E-state index contributed by atoms with van der Waals surface area (Å²) in [7, 11) is 0. The highest BCUT2D eigenvalue weighted by atomic mass is 16.5. The zero-order valence-electron chi connectivity index (χ0n) is 12.4. The van der Waals surface area contributed by atoms with Crippen LogP contribution in [-0.2, 0) is 0 Å². The Bertz CT molecular complexity index is 720. The maximum Gasteiger partial charge on any atom is 0.271 e. The van der Waals surface area contributed by atoms with Crippen molar-refractivity contribution in [1.82, 2.24) is 5.43 Å². The number of nitrogens with one attached hydrogen (secondary N) is 1. The lowest BCUT2D eigenvalue weighted by molar-refractivity contribution is 0.0954. The summed E-state index contributed by atoms with van der Waals surface area (Å²) in [6, 6.07) is 9.23. The van der Waals surface area contributed by atoms with Crippen molar-refractivity contribution in [3.63, 3.8) is 0 Å². The molecule has 1 amide bonds. The Hall–Kier alpha value is -3.22. The Morgan fingerprint density at radius 2 is 1.87 bits per heavy atom. The van der Waals surface area contributed by atoms with Crippen molar-refractivity contribution >= 4 is 12.1 Å². The third-order valence-corrected chi connectivity index (χ3v) is 2.92. The van der Waals surface area contributed by atoms with E-state index in [-0.39, 0.29) is 5.56 Å². The summed E-state index contributed by atoms with van der Waals surface area (Å²) in [5.74, 6) is -1.90.